The van der Waals surface area contributed by atoms with Crippen LogP contribution in [0.15, 0.2) is 15.5 Å². The molecule has 9 heteroatoms. The van der Waals surface area contributed by atoms with Crippen LogP contribution in [0.2, 0.25) is 25.7 Å². The zero-order chi connectivity index (χ0) is 22.1. The van der Waals surface area contributed by atoms with Crippen molar-refractivity contribution >= 4 is 40.8 Å². The van der Waals surface area contributed by atoms with Crippen molar-refractivity contribution in [3.63, 3.8) is 0 Å². The molecular formula is C20H32BrN3O4Si. The molecule has 2 aromatic heterocycles. The molecule has 0 aliphatic rings. The van der Waals surface area contributed by atoms with Crippen LogP contribution < -0.4 is 10.9 Å². The fraction of sp³-hybridized carbons (Fsp3) is 0.600. The third-order valence-corrected chi connectivity index (χ3v) is 7.02. The van der Waals surface area contributed by atoms with Gasteiger partial charge in [-0.1, -0.05) is 19.6 Å². The number of fused-ring (bicyclic) bond motifs is 1. The molecule has 0 unspecified atom stereocenters. The van der Waals surface area contributed by atoms with Crippen LogP contribution in [0.1, 0.15) is 29.9 Å². The van der Waals surface area contributed by atoms with Crippen molar-refractivity contribution in [1.29, 1.82) is 0 Å². The molecule has 0 bridgehead atoms. The number of nitrogens with zero attached hydrogens (tertiary/aromatic N) is 2. The summed E-state index contributed by atoms with van der Waals surface area (Å²) in [5.41, 5.74) is 0.283. The molecule has 162 valence electrons. The van der Waals surface area contributed by atoms with E-state index in [0.29, 0.717) is 33.2 Å². The van der Waals surface area contributed by atoms with Crippen molar-refractivity contribution in [2.45, 2.75) is 58.8 Å². The molecule has 0 spiro atoms. The van der Waals surface area contributed by atoms with Crippen LogP contribution in [0.4, 0.5) is 0 Å². The molecule has 0 aliphatic carbocycles. The van der Waals surface area contributed by atoms with Crippen LogP contribution in [0.5, 0.6) is 0 Å². The quantitative estimate of drug-likeness (QED) is 0.443. The number of aromatic nitrogens is 2. The Morgan fingerprint density at radius 1 is 1.34 bits per heavy atom. The van der Waals surface area contributed by atoms with E-state index in [9.17, 15) is 14.7 Å². The molecule has 7 nitrogen and oxygen atoms in total. The van der Waals surface area contributed by atoms with E-state index in [1.807, 2.05) is 6.92 Å². The van der Waals surface area contributed by atoms with Crippen LogP contribution in [-0.2, 0) is 18.5 Å². The van der Waals surface area contributed by atoms with Crippen LogP contribution in [-0.4, -0.2) is 47.0 Å². The standard InChI is InChI=1S/C20H32BrN3O4Si/c1-13-15(18(25)22-11-20(2,3)27)16-14(21)10-23(4)19(26)17(16)24(13)12-28-8-9-29(5,6)7/h10,27H,8-9,11-12H2,1-7H3,(H,22,25). The Balaban J connectivity index is 2.49. The number of aryl methyl sites for hydroxylation is 1. The summed E-state index contributed by atoms with van der Waals surface area (Å²) in [6, 6.07) is 1.02. The van der Waals surface area contributed by atoms with Gasteiger partial charge >= 0.3 is 0 Å². The molecule has 1 amide bonds. The second-order valence-electron chi connectivity index (χ2n) is 9.35. The van der Waals surface area contributed by atoms with Crippen LogP contribution in [0, 0.1) is 6.92 Å². The van der Waals surface area contributed by atoms with Gasteiger partial charge in [-0.3, -0.25) is 9.59 Å². The lowest BCUT2D eigenvalue weighted by molar-refractivity contribution is 0.0693. The number of carbonyl (C=O) groups is 1. The molecule has 2 N–H and O–H groups in total. The first-order valence-electron chi connectivity index (χ1n) is 9.69. The Bertz CT molecular complexity index is 967. The van der Waals surface area contributed by atoms with Crippen molar-refractivity contribution in [3.8, 4) is 0 Å². The van der Waals surface area contributed by atoms with Gasteiger partial charge in [-0.2, -0.15) is 0 Å². The maximum absolute atomic E-state index is 12.9. The van der Waals surface area contributed by atoms with Crippen molar-refractivity contribution in [1.82, 2.24) is 14.5 Å². The molecule has 0 aliphatic heterocycles. The number of halogens is 1. The number of carbonyl (C=O) groups excluding carboxylic acids is 1. The number of nitrogens with one attached hydrogen (secondary N) is 1. The number of aliphatic hydroxyl groups is 1. The zero-order valence-electron chi connectivity index (χ0n) is 18.4. The van der Waals surface area contributed by atoms with Gasteiger partial charge in [-0.05, 0) is 42.7 Å². The average molecular weight is 486 g/mol. The first-order chi connectivity index (χ1) is 13.2. The van der Waals surface area contributed by atoms with Crippen molar-refractivity contribution in [3.05, 3.63) is 32.3 Å². The van der Waals surface area contributed by atoms with E-state index < -0.39 is 13.7 Å². The smallest absolute Gasteiger partial charge is 0.274 e. The molecule has 0 atom stereocenters. The second kappa shape index (κ2) is 8.75. The Morgan fingerprint density at radius 2 is 1.97 bits per heavy atom. The maximum Gasteiger partial charge on any atom is 0.274 e. The van der Waals surface area contributed by atoms with Crippen molar-refractivity contribution in [2.24, 2.45) is 7.05 Å². The predicted molar refractivity (Wildman–Crippen MR) is 122 cm³/mol. The Hall–Kier alpha value is -1.42. The first-order valence-corrected chi connectivity index (χ1v) is 14.2. The van der Waals surface area contributed by atoms with E-state index in [1.54, 1.807) is 31.7 Å². The van der Waals surface area contributed by atoms with Gasteiger partial charge in [-0.25, -0.2) is 0 Å². The highest BCUT2D eigenvalue weighted by Gasteiger charge is 2.26. The monoisotopic (exact) mass is 485 g/mol. The second-order valence-corrected chi connectivity index (χ2v) is 15.8. The van der Waals surface area contributed by atoms with Gasteiger partial charge < -0.3 is 24.3 Å². The van der Waals surface area contributed by atoms with E-state index in [1.165, 1.54) is 4.57 Å². The summed E-state index contributed by atoms with van der Waals surface area (Å²) in [5.74, 6) is -0.329. The molecule has 0 fully saturated rings. The lowest BCUT2D eigenvalue weighted by atomic mass is 10.1. The minimum atomic E-state index is -1.23. The Kier molecular flexibility index (Phi) is 7.20. The number of rotatable bonds is 8. The van der Waals surface area contributed by atoms with Crippen LogP contribution in [0.3, 0.4) is 0 Å². The molecule has 0 aromatic carbocycles. The van der Waals surface area contributed by atoms with Crippen molar-refractivity contribution in [2.75, 3.05) is 13.2 Å². The molecule has 0 saturated heterocycles. The normalized spacial score (nSPS) is 12.6. The van der Waals surface area contributed by atoms with Gasteiger partial charge in [0.2, 0.25) is 0 Å². The lowest BCUT2D eigenvalue weighted by Crippen LogP contribution is -2.38. The summed E-state index contributed by atoms with van der Waals surface area (Å²) in [6.07, 6.45) is 1.66. The molecular weight excluding hydrogens is 454 g/mol. The van der Waals surface area contributed by atoms with Gasteiger partial charge in [0.1, 0.15) is 12.2 Å². The van der Waals surface area contributed by atoms with E-state index in [2.05, 4.69) is 40.9 Å². The first kappa shape index (κ1) is 23.9. The predicted octanol–water partition coefficient (Wildman–Crippen LogP) is 3.22. The lowest BCUT2D eigenvalue weighted by Gasteiger charge is -2.18. The van der Waals surface area contributed by atoms with Gasteiger partial charge in [0.25, 0.3) is 11.5 Å². The van der Waals surface area contributed by atoms with Crippen LogP contribution >= 0.6 is 15.9 Å². The highest BCUT2D eigenvalue weighted by Crippen LogP contribution is 2.30. The number of pyridine rings is 1. The maximum atomic E-state index is 12.9. The van der Waals surface area contributed by atoms with E-state index >= 15 is 0 Å². The third kappa shape index (κ3) is 5.81. The zero-order valence-corrected chi connectivity index (χ0v) is 20.9. The molecule has 29 heavy (non-hydrogen) atoms. The summed E-state index contributed by atoms with van der Waals surface area (Å²) in [5, 5.41) is 13.3. The van der Waals surface area contributed by atoms with Gasteiger partial charge in [0, 0.05) is 50.0 Å². The topological polar surface area (TPSA) is 85.5 Å². The summed E-state index contributed by atoms with van der Waals surface area (Å²) >= 11 is 3.51. The number of amides is 1. The molecule has 2 rings (SSSR count). The third-order valence-electron chi connectivity index (χ3n) is 4.72. The summed E-state index contributed by atoms with van der Waals surface area (Å²) in [6.45, 7) is 12.8. The highest BCUT2D eigenvalue weighted by atomic mass is 79.9. The van der Waals surface area contributed by atoms with E-state index in [-0.39, 0.29) is 24.7 Å². The van der Waals surface area contributed by atoms with Crippen LogP contribution in [0.25, 0.3) is 10.9 Å². The van der Waals surface area contributed by atoms with Crippen molar-refractivity contribution < 1.29 is 14.6 Å². The summed E-state index contributed by atoms with van der Waals surface area (Å²) in [4.78, 5) is 25.8. The highest BCUT2D eigenvalue weighted by molar-refractivity contribution is 9.10. The van der Waals surface area contributed by atoms with Gasteiger partial charge in [-0.15, -0.1) is 0 Å². The van der Waals surface area contributed by atoms with Gasteiger partial charge in [0.05, 0.1) is 11.2 Å². The fourth-order valence-corrected chi connectivity index (χ4v) is 4.46. The summed E-state index contributed by atoms with van der Waals surface area (Å²) in [7, 11) is 0.452. The van der Waals surface area contributed by atoms with E-state index in [0.717, 1.165) is 6.04 Å². The minimum absolute atomic E-state index is 0.104. The average Bonchev–Trinajstić information content (AvgIpc) is 2.86. The molecule has 2 heterocycles. The Labute approximate surface area is 181 Å². The van der Waals surface area contributed by atoms with Gasteiger partial charge in [0.15, 0.2) is 0 Å². The molecule has 0 radical (unpaired) electrons. The van der Waals surface area contributed by atoms with E-state index in [4.69, 9.17) is 4.74 Å². The number of hydrogen-bond donors (Lipinski definition) is 2. The number of hydrogen-bond acceptors (Lipinski definition) is 4. The number of ether oxygens (including phenoxy) is 1. The Morgan fingerprint density at radius 3 is 2.52 bits per heavy atom. The molecule has 2 aromatic rings. The SMILES string of the molecule is Cc1c(C(=O)NCC(C)(C)O)c2c(Br)cn(C)c(=O)c2n1COCC[Si](C)(C)C. The largest absolute Gasteiger partial charge is 0.389 e. The summed E-state index contributed by atoms with van der Waals surface area (Å²) < 4.78 is 9.81. The minimum Gasteiger partial charge on any atom is -0.389 e. The molecule has 0 saturated carbocycles. The fourth-order valence-electron chi connectivity index (χ4n) is 3.01.